The van der Waals surface area contributed by atoms with Crippen molar-refractivity contribution in [2.75, 3.05) is 19.8 Å². The highest BCUT2D eigenvalue weighted by atomic mass is 127. The number of hydrogen-bond acceptors (Lipinski definition) is 3. The van der Waals surface area contributed by atoms with E-state index >= 15 is 0 Å². The second-order valence-electron chi connectivity index (χ2n) is 5.71. The number of ether oxygens (including phenoxy) is 2. The van der Waals surface area contributed by atoms with Crippen LogP contribution in [0.4, 0.5) is 0 Å². The zero-order valence-electron chi connectivity index (χ0n) is 11.4. The molecule has 1 aromatic carbocycles. The highest BCUT2D eigenvalue weighted by Gasteiger charge is 2.41. The van der Waals surface area contributed by atoms with Crippen LogP contribution in [0.25, 0.3) is 0 Å². The van der Waals surface area contributed by atoms with Crippen LogP contribution >= 0.6 is 22.6 Å². The van der Waals surface area contributed by atoms with Crippen LogP contribution in [0.5, 0.6) is 0 Å². The van der Waals surface area contributed by atoms with Crippen LogP contribution < -0.4 is 0 Å². The average molecular weight is 386 g/mol. The highest BCUT2D eigenvalue weighted by Crippen LogP contribution is 2.38. The van der Waals surface area contributed by atoms with E-state index in [0.29, 0.717) is 6.61 Å². The van der Waals surface area contributed by atoms with Crippen molar-refractivity contribution in [3.8, 4) is 0 Å². The quantitative estimate of drug-likeness (QED) is 0.577. The Balaban J connectivity index is 1.74. The molecule has 2 aliphatic heterocycles. The molecule has 2 saturated heterocycles. The molecule has 2 aliphatic rings. The molecule has 3 nitrogen and oxygen atoms in total. The smallest absolute Gasteiger partial charge is 0.166 e. The van der Waals surface area contributed by atoms with E-state index in [0.717, 1.165) is 48.0 Å². The highest BCUT2D eigenvalue weighted by molar-refractivity contribution is 14.1. The fourth-order valence-electron chi connectivity index (χ4n) is 3.22. The molecule has 2 fully saturated rings. The van der Waals surface area contributed by atoms with Gasteiger partial charge in [0.05, 0.1) is 5.60 Å². The third-order valence-corrected chi connectivity index (χ3v) is 5.05. The Hall–Kier alpha value is -0.460. The Kier molecular flexibility index (Phi) is 4.43. The third kappa shape index (κ3) is 3.07. The van der Waals surface area contributed by atoms with E-state index in [9.17, 15) is 4.79 Å². The van der Waals surface area contributed by atoms with Crippen LogP contribution in [0.15, 0.2) is 24.3 Å². The van der Waals surface area contributed by atoms with Crippen LogP contribution in [0.2, 0.25) is 0 Å². The van der Waals surface area contributed by atoms with Crippen molar-refractivity contribution in [2.45, 2.75) is 31.3 Å². The summed E-state index contributed by atoms with van der Waals surface area (Å²) in [5, 5.41) is 0. The minimum Gasteiger partial charge on any atom is -0.381 e. The Morgan fingerprint density at radius 1 is 1.25 bits per heavy atom. The van der Waals surface area contributed by atoms with E-state index in [1.807, 2.05) is 24.3 Å². The summed E-state index contributed by atoms with van der Waals surface area (Å²) >= 11 is 2.25. The second kappa shape index (κ2) is 6.12. The summed E-state index contributed by atoms with van der Waals surface area (Å²) in [5.74, 6) is 0.373. The first-order valence-corrected chi connectivity index (χ1v) is 8.28. The van der Waals surface area contributed by atoms with Crippen LogP contribution in [0.3, 0.4) is 0 Å². The monoisotopic (exact) mass is 386 g/mol. The molecule has 0 amide bonds. The van der Waals surface area contributed by atoms with E-state index in [1.54, 1.807) is 0 Å². The SMILES string of the molecule is O=C(c1cccc(I)c1)C1CCOC2(CCOCC2)C1. The van der Waals surface area contributed by atoms with E-state index < -0.39 is 0 Å². The van der Waals surface area contributed by atoms with Gasteiger partial charge in [-0.2, -0.15) is 0 Å². The third-order valence-electron chi connectivity index (χ3n) is 4.38. The van der Waals surface area contributed by atoms with Gasteiger partial charge in [-0.05, 0) is 60.4 Å². The number of benzene rings is 1. The Labute approximate surface area is 133 Å². The molecular formula is C16H19IO3. The van der Waals surface area contributed by atoms with Crippen molar-refractivity contribution in [3.63, 3.8) is 0 Å². The largest absolute Gasteiger partial charge is 0.381 e. The lowest BCUT2D eigenvalue weighted by Gasteiger charge is -2.42. The normalized spacial score (nSPS) is 25.6. The summed E-state index contributed by atoms with van der Waals surface area (Å²) in [6.45, 7) is 2.20. The van der Waals surface area contributed by atoms with Crippen molar-refractivity contribution in [3.05, 3.63) is 33.4 Å². The van der Waals surface area contributed by atoms with Gasteiger partial charge < -0.3 is 9.47 Å². The lowest BCUT2D eigenvalue weighted by molar-refractivity contribution is -0.142. The van der Waals surface area contributed by atoms with Crippen molar-refractivity contribution in [2.24, 2.45) is 5.92 Å². The van der Waals surface area contributed by atoms with Gasteiger partial charge in [0.25, 0.3) is 0 Å². The fraction of sp³-hybridized carbons (Fsp3) is 0.562. The summed E-state index contributed by atoms with van der Waals surface area (Å²) in [4.78, 5) is 12.7. The zero-order valence-corrected chi connectivity index (χ0v) is 13.6. The maximum absolute atomic E-state index is 12.7. The van der Waals surface area contributed by atoms with Crippen LogP contribution in [-0.4, -0.2) is 31.2 Å². The molecule has 0 saturated carbocycles. The van der Waals surface area contributed by atoms with Crippen LogP contribution in [0, 0.1) is 9.49 Å². The predicted octanol–water partition coefficient (Wildman–Crippen LogP) is 3.45. The maximum Gasteiger partial charge on any atom is 0.166 e. The predicted molar refractivity (Wildman–Crippen MR) is 84.9 cm³/mol. The number of ketones is 1. The lowest BCUT2D eigenvalue weighted by Crippen LogP contribution is -2.45. The van der Waals surface area contributed by atoms with Crippen LogP contribution in [-0.2, 0) is 9.47 Å². The van der Waals surface area contributed by atoms with Crippen molar-refractivity contribution < 1.29 is 14.3 Å². The molecule has 0 aliphatic carbocycles. The van der Waals surface area contributed by atoms with Crippen LogP contribution in [0.1, 0.15) is 36.0 Å². The number of carbonyl (C=O) groups is 1. The summed E-state index contributed by atoms with van der Waals surface area (Å²) in [6, 6.07) is 7.88. The molecule has 20 heavy (non-hydrogen) atoms. The maximum atomic E-state index is 12.7. The van der Waals surface area contributed by atoms with Crippen molar-refractivity contribution >= 4 is 28.4 Å². The molecule has 4 heteroatoms. The molecule has 1 unspecified atom stereocenters. The van der Waals surface area contributed by atoms with E-state index in [-0.39, 0.29) is 17.3 Å². The van der Waals surface area contributed by atoms with E-state index in [2.05, 4.69) is 22.6 Å². The molecule has 0 aromatic heterocycles. The molecule has 1 spiro atoms. The standard InChI is InChI=1S/C16H19IO3/c17-14-3-1-2-12(10-14)15(18)13-4-7-20-16(11-13)5-8-19-9-6-16/h1-3,10,13H,4-9,11H2. The Morgan fingerprint density at radius 2 is 2.05 bits per heavy atom. The van der Waals surface area contributed by atoms with Gasteiger partial charge in [-0.25, -0.2) is 0 Å². The Bertz CT molecular complexity index is 489. The second-order valence-corrected chi connectivity index (χ2v) is 6.95. The number of rotatable bonds is 2. The van der Waals surface area contributed by atoms with Gasteiger partial charge in [-0.3, -0.25) is 4.79 Å². The molecule has 2 heterocycles. The lowest BCUT2D eigenvalue weighted by atomic mass is 9.78. The fourth-order valence-corrected chi connectivity index (χ4v) is 3.76. The van der Waals surface area contributed by atoms with E-state index in [4.69, 9.17) is 9.47 Å². The molecule has 1 aromatic rings. The summed E-state index contributed by atoms with van der Waals surface area (Å²) in [6.07, 6.45) is 3.53. The van der Waals surface area contributed by atoms with Gasteiger partial charge in [-0.1, -0.05) is 12.1 Å². The number of Topliss-reactive ketones (excluding diaryl/α,β-unsaturated/α-hetero) is 1. The summed E-state index contributed by atoms with van der Waals surface area (Å²) in [7, 11) is 0. The summed E-state index contributed by atoms with van der Waals surface area (Å²) in [5.41, 5.74) is 0.727. The Morgan fingerprint density at radius 3 is 2.80 bits per heavy atom. The number of halogens is 1. The van der Waals surface area contributed by atoms with Gasteiger partial charge >= 0.3 is 0 Å². The first-order chi connectivity index (χ1) is 9.69. The summed E-state index contributed by atoms with van der Waals surface area (Å²) < 4.78 is 12.6. The first kappa shape index (κ1) is 14.5. The number of carbonyl (C=O) groups excluding carboxylic acids is 1. The minimum atomic E-state index is -0.112. The van der Waals surface area contributed by atoms with Crippen molar-refractivity contribution in [1.82, 2.24) is 0 Å². The zero-order chi connectivity index (χ0) is 14.0. The van der Waals surface area contributed by atoms with Gasteiger partial charge in [0.1, 0.15) is 0 Å². The molecular weight excluding hydrogens is 367 g/mol. The molecule has 3 rings (SSSR count). The molecule has 1 atom stereocenters. The average Bonchev–Trinajstić information content (AvgIpc) is 2.47. The van der Waals surface area contributed by atoms with Crippen molar-refractivity contribution in [1.29, 1.82) is 0 Å². The van der Waals surface area contributed by atoms with Gasteiger partial charge in [0.15, 0.2) is 5.78 Å². The molecule has 108 valence electrons. The van der Waals surface area contributed by atoms with E-state index in [1.165, 1.54) is 0 Å². The first-order valence-electron chi connectivity index (χ1n) is 7.20. The molecule has 0 bridgehead atoms. The molecule has 0 N–H and O–H groups in total. The van der Waals surface area contributed by atoms with Gasteiger partial charge in [-0.15, -0.1) is 0 Å². The minimum absolute atomic E-state index is 0.0973. The topological polar surface area (TPSA) is 35.5 Å². The number of hydrogen-bond donors (Lipinski definition) is 0. The van der Waals surface area contributed by atoms with Gasteiger partial charge in [0, 0.05) is 34.9 Å². The molecule has 0 radical (unpaired) electrons. The van der Waals surface area contributed by atoms with Gasteiger partial charge in [0.2, 0.25) is 0 Å².